The summed E-state index contributed by atoms with van der Waals surface area (Å²) in [6.45, 7) is 7.48. The molecule has 1 saturated heterocycles. The third kappa shape index (κ3) is 1.40. The second-order valence-electron chi connectivity index (χ2n) is 5.66. The van der Waals surface area contributed by atoms with Gasteiger partial charge in [0, 0.05) is 6.54 Å². The molecule has 0 bridgehead atoms. The Hall–Kier alpha value is -0.370. The van der Waals surface area contributed by atoms with E-state index in [2.05, 4.69) is 25.8 Å². The molecule has 1 spiro atoms. The van der Waals surface area contributed by atoms with Crippen LogP contribution in [0, 0.1) is 17.3 Å². The van der Waals surface area contributed by atoms with Gasteiger partial charge in [-0.3, -0.25) is 9.69 Å². The van der Waals surface area contributed by atoms with Gasteiger partial charge >= 0.3 is 0 Å². The first-order valence-electron chi connectivity index (χ1n) is 5.67. The Bertz CT molecular complexity index is 261. The van der Waals surface area contributed by atoms with Crippen molar-refractivity contribution in [1.29, 1.82) is 0 Å². The molecule has 2 aliphatic rings. The highest BCUT2D eigenvalue weighted by Gasteiger charge is 2.60. The summed E-state index contributed by atoms with van der Waals surface area (Å²) in [6.07, 6.45) is 2.46. The summed E-state index contributed by atoms with van der Waals surface area (Å²) < 4.78 is 0. The largest absolute Gasteiger partial charge is 0.298 e. The van der Waals surface area contributed by atoms with Crippen molar-refractivity contribution in [3.05, 3.63) is 0 Å². The molecule has 2 nitrogen and oxygen atoms in total. The van der Waals surface area contributed by atoms with Crippen molar-refractivity contribution in [1.82, 2.24) is 4.90 Å². The van der Waals surface area contributed by atoms with Gasteiger partial charge in [0.25, 0.3) is 0 Å². The molecule has 1 aliphatic carbocycles. The zero-order valence-corrected chi connectivity index (χ0v) is 9.71. The van der Waals surface area contributed by atoms with Gasteiger partial charge in [-0.1, -0.05) is 13.8 Å². The zero-order chi connectivity index (χ0) is 10.5. The van der Waals surface area contributed by atoms with Gasteiger partial charge in [-0.2, -0.15) is 0 Å². The molecule has 80 valence electrons. The van der Waals surface area contributed by atoms with E-state index in [1.54, 1.807) is 6.92 Å². The van der Waals surface area contributed by atoms with E-state index in [0.29, 0.717) is 11.2 Å². The van der Waals surface area contributed by atoms with Crippen LogP contribution in [0.2, 0.25) is 0 Å². The third-order valence-corrected chi connectivity index (χ3v) is 4.22. The highest BCUT2D eigenvalue weighted by Crippen LogP contribution is 2.62. The van der Waals surface area contributed by atoms with Gasteiger partial charge in [-0.15, -0.1) is 0 Å². The number of hydrogen-bond donors (Lipinski definition) is 0. The average molecular weight is 195 g/mol. The van der Waals surface area contributed by atoms with Crippen LogP contribution in [-0.2, 0) is 4.79 Å². The maximum Gasteiger partial charge on any atom is 0.146 e. The van der Waals surface area contributed by atoms with E-state index in [4.69, 9.17) is 0 Å². The standard InChI is InChI=1S/C12H21NO/c1-8(2)10-5-12(10)6-11(9(3)14)13(4)7-12/h8,10-11H,5-7H2,1-4H3/t10?,11-,12-/m0/s1. The van der Waals surface area contributed by atoms with E-state index >= 15 is 0 Å². The molecule has 14 heavy (non-hydrogen) atoms. The van der Waals surface area contributed by atoms with Gasteiger partial charge in [0.15, 0.2) is 0 Å². The molecular weight excluding hydrogens is 174 g/mol. The fraction of sp³-hybridized carbons (Fsp3) is 0.917. The van der Waals surface area contributed by atoms with Crippen molar-refractivity contribution in [2.45, 2.75) is 39.7 Å². The number of Topliss-reactive ketones (excluding diaryl/α,β-unsaturated/α-hetero) is 1. The van der Waals surface area contributed by atoms with Crippen LogP contribution in [0.25, 0.3) is 0 Å². The molecular formula is C12H21NO. The maximum atomic E-state index is 11.4. The molecule has 0 aromatic heterocycles. The molecule has 1 aliphatic heterocycles. The van der Waals surface area contributed by atoms with Gasteiger partial charge in [0.1, 0.15) is 5.78 Å². The SMILES string of the molecule is CC(=O)[C@@H]1C[C@@]2(CC2C(C)C)CN1C. The first-order chi connectivity index (χ1) is 6.46. The molecule has 1 saturated carbocycles. The number of carbonyl (C=O) groups is 1. The minimum atomic E-state index is 0.207. The average Bonchev–Trinajstić information content (AvgIpc) is 2.63. The first kappa shape index (κ1) is 10.2. The molecule has 2 rings (SSSR count). The van der Waals surface area contributed by atoms with Crippen molar-refractivity contribution >= 4 is 5.78 Å². The summed E-state index contributed by atoms with van der Waals surface area (Å²) in [4.78, 5) is 13.7. The molecule has 2 fully saturated rings. The lowest BCUT2D eigenvalue weighted by molar-refractivity contribution is -0.120. The number of hydrogen-bond acceptors (Lipinski definition) is 2. The Morgan fingerprint density at radius 3 is 2.43 bits per heavy atom. The van der Waals surface area contributed by atoms with E-state index in [9.17, 15) is 4.79 Å². The molecule has 0 aromatic carbocycles. The fourth-order valence-electron chi connectivity index (χ4n) is 3.40. The van der Waals surface area contributed by atoms with Crippen LogP contribution in [0.3, 0.4) is 0 Å². The second-order valence-corrected chi connectivity index (χ2v) is 5.66. The van der Waals surface area contributed by atoms with Crippen LogP contribution < -0.4 is 0 Å². The second kappa shape index (κ2) is 3.06. The Labute approximate surface area is 86.7 Å². The predicted octanol–water partition coefficient (Wildman–Crippen LogP) is 1.94. The van der Waals surface area contributed by atoms with Gasteiger partial charge in [-0.05, 0) is 44.1 Å². The number of likely N-dealkylation sites (N-methyl/N-ethyl adjacent to an activating group) is 1. The molecule has 0 aromatic rings. The maximum absolute atomic E-state index is 11.4. The summed E-state index contributed by atoms with van der Waals surface area (Å²) in [6, 6.07) is 0.207. The molecule has 0 amide bonds. The van der Waals surface area contributed by atoms with E-state index in [1.807, 2.05) is 0 Å². The zero-order valence-electron chi connectivity index (χ0n) is 9.71. The van der Waals surface area contributed by atoms with Crippen molar-refractivity contribution in [3.63, 3.8) is 0 Å². The smallest absolute Gasteiger partial charge is 0.146 e. The monoisotopic (exact) mass is 195 g/mol. The lowest BCUT2D eigenvalue weighted by Crippen LogP contribution is -2.30. The van der Waals surface area contributed by atoms with Gasteiger partial charge in [0.05, 0.1) is 6.04 Å². The molecule has 1 unspecified atom stereocenters. The van der Waals surface area contributed by atoms with E-state index in [1.165, 1.54) is 6.42 Å². The molecule has 1 heterocycles. The summed E-state index contributed by atoms with van der Waals surface area (Å²) >= 11 is 0. The van der Waals surface area contributed by atoms with Crippen molar-refractivity contribution in [2.24, 2.45) is 17.3 Å². The molecule has 0 N–H and O–H groups in total. The molecule has 2 heteroatoms. The highest BCUT2D eigenvalue weighted by molar-refractivity contribution is 5.82. The van der Waals surface area contributed by atoms with Crippen LogP contribution in [0.15, 0.2) is 0 Å². The summed E-state index contributed by atoms with van der Waals surface area (Å²) in [7, 11) is 2.09. The number of likely N-dealkylation sites (tertiary alicyclic amines) is 1. The lowest BCUT2D eigenvalue weighted by atomic mass is 9.93. The van der Waals surface area contributed by atoms with E-state index < -0.39 is 0 Å². The summed E-state index contributed by atoms with van der Waals surface area (Å²) in [5.41, 5.74) is 0.513. The van der Waals surface area contributed by atoms with Crippen LogP contribution in [0.1, 0.15) is 33.6 Å². The van der Waals surface area contributed by atoms with Crippen molar-refractivity contribution < 1.29 is 4.79 Å². The minimum absolute atomic E-state index is 0.207. The van der Waals surface area contributed by atoms with Crippen LogP contribution >= 0.6 is 0 Å². The normalized spacial score (nSPS) is 42.4. The predicted molar refractivity (Wildman–Crippen MR) is 57.1 cm³/mol. The van der Waals surface area contributed by atoms with Gasteiger partial charge in [-0.25, -0.2) is 0 Å². The first-order valence-corrected chi connectivity index (χ1v) is 5.67. The molecule has 3 atom stereocenters. The van der Waals surface area contributed by atoms with Crippen LogP contribution in [-0.4, -0.2) is 30.3 Å². The van der Waals surface area contributed by atoms with Crippen LogP contribution in [0.4, 0.5) is 0 Å². The van der Waals surface area contributed by atoms with Crippen molar-refractivity contribution in [3.8, 4) is 0 Å². The van der Waals surface area contributed by atoms with Gasteiger partial charge in [0.2, 0.25) is 0 Å². The summed E-state index contributed by atoms with van der Waals surface area (Å²) in [5.74, 6) is 2.00. The van der Waals surface area contributed by atoms with E-state index in [0.717, 1.165) is 24.8 Å². The molecule has 0 radical (unpaired) electrons. The Balaban J connectivity index is 2.05. The minimum Gasteiger partial charge on any atom is -0.298 e. The Morgan fingerprint density at radius 2 is 2.07 bits per heavy atom. The van der Waals surface area contributed by atoms with Gasteiger partial charge < -0.3 is 0 Å². The van der Waals surface area contributed by atoms with Crippen molar-refractivity contribution in [2.75, 3.05) is 13.6 Å². The lowest BCUT2D eigenvalue weighted by Gasteiger charge is -2.15. The Kier molecular flexibility index (Phi) is 2.22. The number of rotatable bonds is 2. The van der Waals surface area contributed by atoms with Crippen LogP contribution in [0.5, 0.6) is 0 Å². The number of carbonyl (C=O) groups excluding carboxylic acids is 1. The number of ketones is 1. The van der Waals surface area contributed by atoms with E-state index in [-0.39, 0.29) is 6.04 Å². The quantitative estimate of drug-likeness (QED) is 0.671. The highest BCUT2D eigenvalue weighted by atomic mass is 16.1. The third-order valence-electron chi connectivity index (χ3n) is 4.22. The fourth-order valence-corrected chi connectivity index (χ4v) is 3.40. The topological polar surface area (TPSA) is 20.3 Å². The Morgan fingerprint density at radius 1 is 1.43 bits per heavy atom. The summed E-state index contributed by atoms with van der Waals surface area (Å²) in [5, 5.41) is 0. The number of nitrogens with zero attached hydrogens (tertiary/aromatic N) is 1.